The molecule has 0 unspecified atom stereocenters. The molecule has 2 heterocycles. The zero-order chi connectivity index (χ0) is 23.0. The van der Waals surface area contributed by atoms with Crippen LogP contribution >= 0.6 is 0 Å². The third-order valence-corrected chi connectivity index (χ3v) is 6.82. The molecule has 2 aliphatic heterocycles. The van der Waals surface area contributed by atoms with Gasteiger partial charge >= 0.3 is 5.97 Å². The van der Waals surface area contributed by atoms with Crippen LogP contribution < -0.4 is 0 Å². The average molecular weight is 451 g/mol. The molecule has 1 saturated heterocycles. The summed E-state index contributed by atoms with van der Waals surface area (Å²) < 4.78 is 36.3. The summed E-state index contributed by atoms with van der Waals surface area (Å²) in [6.07, 6.45) is 2.28. The van der Waals surface area contributed by atoms with Crippen molar-refractivity contribution in [3.05, 3.63) is 23.8 Å². The van der Waals surface area contributed by atoms with Gasteiger partial charge in [0.15, 0.2) is 5.71 Å². The molecule has 0 aliphatic carbocycles. The van der Waals surface area contributed by atoms with Crippen LogP contribution in [0.3, 0.4) is 0 Å². The van der Waals surface area contributed by atoms with Gasteiger partial charge in [-0.15, -0.1) is 5.06 Å². The third kappa shape index (κ3) is 4.69. The van der Waals surface area contributed by atoms with Crippen molar-refractivity contribution in [2.75, 3.05) is 6.54 Å². The maximum atomic E-state index is 11.9. The first kappa shape index (κ1) is 23.1. The Morgan fingerprint density at radius 1 is 1.16 bits per heavy atom. The van der Waals surface area contributed by atoms with E-state index in [2.05, 4.69) is 4.58 Å². The first-order chi connectivity index (χ1) is 14.4. The molecule has 31 heavy (non-hydrogen) atoms. The number of amides is 2. The van der Waals surface area contributed by atoms with Gasteiger partial charge in [-0.05, 0) is 38.8 Å². The van der Waals surface area contributed by atoms with E-state index in [-0.39, 0.29) is 24.2 Å². The fraction of sp³-hybridized carbons (Fsp3) is 0.524. The molecule has 1 aromatic carbocycles. The minimum Gasteiger partial charge on any atom is -0.744 e. The average Bonchev–Trinajstić information content (AvgIpc) is 3.10. The van der Waals surface area contributed by atoms with Crippen molar-refractivity contribution in [1.82, 2.24) is 5.06 Å². The zero-order valence-electron chi connectivity index (χ0n) is 17.8. The monoisotopic (exact) mass is 450 g/mol. The van der Waals surface area contributed by atoms with Crippen molar-refractivity contribution in [2.24, 2.45) is 0 Å². The standard InChI is InChI=1S/C21H26N2O7S/c1-14-21(2,3)16-13-15(31(27,28)29)8-9-17(16)22(14)12-6-4-5-7-20(26)30-23-18(24)10-11-19(23)25/h8-9,13H,4-7,10-12H2,1-3H3. The summed E-state index contributed by atoms with van der Waals surface area (Å²) in [7, 11) is -4.52. The van der Waals surface area contributed by atoms with Crippen LogP contribution in [0.2, 0.25) is 0 Å². The van der Waals surface area contributed by atoms with Crippen molar-refractivity contribution >= 4 is 39.3 Å². The van der Waals surface area contributed by atoms with Crippen molar-refractivity contribution in [2.45, 2.75) is 69.6 Å². The predicted molar refractivity (Wildman–Crippen MR) is 109 cm³/mol. The summed E-state index contributed by atoms with van der Waals surface area (Å²) in [6, 6.07) is 4.46. The van der Waals surface area contributed by atoms with Gasteiger partial charge in [-0.25, -0.2) is 13.2 Å². The molecule has 0 saturated carbocycles. The molecule has 1 aromatic rings. The molecule has 0 atom stereocenters. The highest BCUT2D eigenvalue weighted by molar-refractivity contribution is 7.85. The molecule has 0 radical (unpaired) electrons. The van der Waals surface area contributed by atoms with Crippen LogP contribution in [0.1, 0.15) is 64.9 Å². The summed E-state index contributed by atoms with van der Waals surface area (Å²) in [5.74, 6) is -1.59. The van der Waals surface area contributed by atoms with Crippen LogP contribution in [0, 0.1) is 0 Å². The van der Waals surface area contributed by atoms with Gasteiger partial charge in [-0.3, -0.25) is 9.59 Å². The van der Waals surface area contributed by atoms with E-state index >= 15 is 0 Å². The Hall–Kier alpha value is -2.59. The van der Waals surface area contributed by atoms with E-state index in [9.17, 15) is 27.4 Å². The van der Waals surface area contributed by atoms with Crippen molar-refractivity contribution < 1.29 is 36.8 Å². The molecule has 2 amide bonds. The SMILES string of the molecule is CC1=[N+](CCCCCC(=O)ON2C(=O)CCC2=O)c2ccc(S(=O)(=O)[O-])cc2C1(C)C. The molecule has 0 bridgehead atoms. The second-order valence-corrected chi connectivity index (χ2v) is 9.73. The summed E-state index contributed by atoms with van der Waals surface area (Å²) in [4.78, 5) is 39.4. The van der Waals surface area contributed by atoms with Gasteiger partial charge in [0.05, 0.1) is 10.3 Å². The number of unbranched alkanes of at least 4 members (excludes halogenated alkanes) is 2. The summed E-state index contributed by atoms with van der Waals surface area (Å²) in [5, 5.41) is 0.556. The van der Waals surface area contributed by atoms with Gasteiger partial charge in [-0.1, -0.05) is 0 Å². The maximum Gasteiger partial charge on any atom is 0.333 e. The number of hydrogen-bond acceptors (Lipinski definition) is 7. The number of hydrogen-bond donors (Lipinski definition) is 0. The van der Waals surface area contributed by atoms with Crippen LogP contribution in [0.5, 0.6) is 0 Å². The Morgan fingerprint density at radius 3 is 2.42 bits per heavy atom. The first-order valence-electron chi connectivity index (χ1n) is 10.2. The predicted octanol–water partition coefficient (Wildman–Crippen LogP) is 2.15. The van der Waals surface area contributed by atoms with Crippen LogP contribution in [0.25, 0.3) is 0 Å². The fourth-order valence-corrected chi connectivity index (χ4v) is 4.43. The number of rotatable bonds is 8. The zero-order valence-corrected chi connectivity index (χ0v) is 18.7. The lowest BCUT2D eigenvalue weighted by atomic mass is 9.82. The molecule has 168 valence electrons. The van der Waals surface area contributed by atoms with Crippen molar-refractivity contribution in [1.29, 1.82) is 0 Å². The summed E-state index contributed by atoms with van der Waals surface area (Å²) in [5.41, 5.74) is 2.31. The summed E-state index contributed by atoms with van der Waals surface area (Å²) in [6.45, 7) is 6.62. The fourth-order valence-electron chi connectivity index (χ4n) is 3.93. The highest BCUT2D eigenvalue weighted by atomic mass is 32.2. The topological polar surface area (TPSA) is 124 Å². The van der Waals surface area contributed by atoms with Crippen molar-refractivity contribution in [3.63, 3.8) is 0 Å². The highest BCUT2D eigenvalue weighted by Gasteiger charge is 2.43. The normalized spacial score (nSPS) is 18.0. The van der Waals surface area contributed by atoms with E-state index in [1.54, 1.807) is 6.07 Å². The van der Waals surface area contributed by atoms with Gasteiger partial charge in [0, 0.05) is 44.2 Å². The molecule has 10 heteroatoms. The van der Waals surface area contributed by atoms with Gasteiger partial charge < -0.3 is 9.39 Å². The lowest BCUT2D eigenvalue weighted by molar-refractivity contribution is -0.439. The van der Waals surface area contributed by atoms with Crippen molar-refractivity contribution in [3.8, 4) is 0 Å². The molecule has 2 aliphatic rings. The molecule has 9 nitrogen and oxygen atoms in total. The van der Waals surface area contributed by atoms with Crippen LogP contribution in [0.15, 0.2) is 23.1 Å². The number of nitrogens with zero attached hydrogens (tertiary/aromatic N) is 2. The Bertz CT molecular complexity index is 1060. The van der Waals surface area contributed by atoms with Gasteiger partial charge in [0.2, 0.25) is 5.69 Å². The minimum atomic E-state index is -4.52. The van der Waals surface area contributed by atoms with Crippen LogP contribution in [-0.2, 0) is 34.8 Å². The van der Waals surface area contributed by atoms with E-state index in [1.165, 1.54) is 12.1 Å². The van der Waals surface area contributed by atoms with E-state index in [0.717, 1.165) is 29.8 Å². The van der Waals surface area contributed by atoms with Crippen LogP contribution in [-0.4, -0.2) is 52.6 Å². The largest absolute Gasteiger partial charge is 0.744 e. The Balaban J connectivity index is 1.55. The van der Waals surface area contributed by atoms with Crippen LogP contribution in [0.4, 0.5) is 5.69 Å². The second-order valence-electron chi connectivity index (χ2n) is 8.35. The molecule has 0 aromatic heterocycles. The first-order valence-corrected chi connectivity index (χ1v) is 11.6. The minimum absolute atomic E-state index is 0.0673. The Labute approximate surface area is 181 Å². The molecule has 0 N–H and O–H groups in total. The van der Waals surface area contributed by atoms with E-state index in [1.807, 2.05) is 20.8 Å². The molecular formula is C21H26N2O7S. The number of hydroxylamine groups is 2. The molecule has 0 spiro atoms. The van der Waals surface area contributed by atoms with E-state index in [0.29, 0.717) is 18.0 Å². The van der Waals surface area contributed by atoms with Gasteiger partial charge in [0.25, 0.3) is 11.8 Å². The number of carbonyl (C=O) groups excluding carboxylic acids is 3. The lowest BCUT2D eigenvalue weighted by Crippen LogP contribution is -2.31. The lowest BCUT2D eigenvalue weighted by Gasteiger charge is -2.16. The molecular weight excluding hydrogens is 424 g/mol. The quantitative estimate of drug-likeness (QED) is 0.257. The second kappa shape index (κ2) is 8.51. The Kier molecular flexibility index (Phi) is 6.33. The van der Waals surface area contributed by atoms with E-state index in [4.69, 9.17) is 4.84 Å². The summed E-state index contributed by atoms with van der Waals surface area (Å²) >= 11 is 0. The van der Waals surface area contributed by atoms with E-state index < -0.39 is 33.3 Å². The highest BCUT2D eigenvalue weighted by Crippen LogP contribution is 2.40. The molecule has 1 fully saturated rings. The molecule has 3 rings (SSSR count). The third-order valence-electron chi connectivity index (χ3n) is 5.99. The number of fused-ring (bicyclic) bond motifs is 1. The number of imide groups is 1. The maximum absolute atomic E-state index is 11.9. The Morgan fingerprint density at radius 2 is 1.81 bits per heavy atom. The number of benzene rings is 1. The van der Waals surface area contributed by atoms with Gasteiger partial charge in [0.1, 0.15) is 16.7 Å². The van der Waals surface area contributed by atoms with Gasteiger partial charge in [-0.2, -0.15) is 4.58 Å². The number of carbonyl (C=O) groups is 3. The smallest absolute Gasteiger partial charge is 0.333 e.